The van der Waals surface area contributed by atoms with Crippen LogP contribution in [-0.4, -0.2) is 69.4 Å². The second kappa shape index (κ2) is 8.22. The van der Waals surface area contributed by atoms with Gasteiger partial charge in [0.1, 0.15) is 17.3 Å². The molecule has 1 amide bonds. The maximum Gasteiger partial charge on any atom is 0.285 e. The molecule has 0 radical (unpaired) electrons. The number of hydrogen-bond acceptors (Lipinski definition) is 5. The van der Waals surface area contributed by atoms with E-state index in [-0.39, 0.29) is 17.4 Å². The average molecular weight is 391 g/mol. The van der Waals surface area contributed by atoms with Gasteiger partial charge in [0.15, 0.2) is 0 Å². The highest BCUT2D eigenvalue weighted by Gasteiger charge is 2.34. The summed E-state index contributed by atoms with van der Waals surface area (Å²) < 4.78 is 34.6. The lowest BCUT2D eigenvalue weighted by Gasteiger charge is -2.23. The number of nitrogens with zero attached hydrogens (tertiary/aromatic N) is 3. The van der Waals surface area contributed by atoms with Gasteiger partial charge in [-0.15, -0.1) is 4.40 Å². The predicted molar refractivity (Wildman–Crippen MR) is 105 cm³/mol. The number of carbonyl (C=O) groups is 1. The quantitative estimate of drug-likeness (QED) is 0.781. The second-order valence-corrected chi connectivity index (χ2v) is 8.11. The van der Waals surface area contributed by atoms with Gasteiger partial charge in [-0.05, 0) is 25.8 Å². The van der Waals surface area contributed by atoms with E-state index in [9.17, 15) is 13.2 Å². The Morgan fingerprint density at radius 2 is 1.89 bits per heavy atom. The Morgan fingerprint density at radius 3 is 2.59 bits per heavy atom. The van der Waals surface area contributed by atoms with Crippen molar-refractivity contribution in [1.82, 2.24) is 9.80 Å². The second-order valence-electron chi connectivity index (χ2n) is 6.57. The molecule has 27 heavy (non-hydrogen) atoms. The van der Waals surface area contributed by atoms with Crippen LogP contribution in [0.2, 0.25) is 0 Å². The normalized spacial score (nSPS) is 19.9. The molecule has 3 rings (SSSR count). The molecule has 1 aromatic rings. The van der Waals surface area contributed by atoms with Gasteiger partial charge in [0.25, 0.3) is 10.0 Å². The van der Waals surface area contributed by atoms with Crippen molar-refractivity contribution < 1.29 is 17.9 Å². The third-order valence-electron chi connectivity index (χ3n) is 4.75. The highest BCUT2D eigenvalue weighted by molar-refractivity contribution is 8.00. The third kappa shape index (κ3) is 4.22. The summed E-state index contributed by atoms with van der Waals surface area (Å²) in [6, 6.07) is 9.05. The van der Waals surface area contributed by atoms with Gasteiger partial charge in [-0.1, -0.05) is 30.3 Å². The molecule has 0 spiro atoms. The lowest BCUT2D eigenvalue weighted by Crippen LogP contribution is -2.38. The number of amidine groups is 1. The Balaban J connectivity index is 1.79. The first-order valence-electron chi connectivity index (χ1n) is 9.16. The van der Waals surface area contributed by atoms with Crippen molar-refractivity contribution in [3.63, 3.8) is 0 Å². The topological polar surface area (TPSA) is 79.3 Å². The lowest BCUT2D eigenvalue weighted by molar-refractivity contribution is -0.135. The first-order valence-corrected chi connectivity index (χ1v) is 10.6. The van der Waals surface area contributed by atoms with E-state index in [2.05, 4.69) is 4.40 Å². The van der Waals surface area contributed by atoms with Gasteiger partial charge in [0.05, 0.1) is 0 Å². The van der Waals surface area contributed by atoms with Crippen LogP contribution in [-0.2, 0) is 19.6 Å². The Labute approximate surface area is 160 Å². The predicted octanol–water partition coefficient (Wildman–Crippen LogP) is 1.73. The van der Waals surface area contributed by atoms with E-state index in [1.54, 1.807) is 24.0 Å². The standard InChI is InChI=1S/C19H25N3O4S/c1-3-26-14-17(23)21-10-7-11-22(13-12-21)19-15(2)18(27(24,25)20-19)16-8-5-4-6-9-16/h4-6,8-9H,3,7,10-14H2,1-2H3. The molecule has 2 aliphatic heterocycles. The van der Waals surface area contributed by atoms with Crippen LogP contribution in [0.4, 0.5) is 0 Å². The van der Waals surface area contributed by atoms with Gasteiger partial charge < -0.3 is 14.5 Å². The molecule has 8 heteroatoms. The van der Waals surface area contributed by atoms with E-state index < -0.39 is 10.0 Å². The Morgan fingerprint density at radius 1 is 1.15 bits per heavy atom. The molecule has 0 atom stereocenters. The minimum absolute atomic E-state index is 0.0306. The zero-order valence-electron chi connectivity index (χ0n) is 15.7. The van der Waals surface area contributed by atoms with E-state index in [4.69, 9.17) is 4.74 Å². The van der Waals surface area contributed by atoms with Gasteiger partial charge in [0, 0.05) is 38.4 Å². The zero-order chi connectivity index (χ0) is 19.4. The van der Waals surface area contributed by atoms with Crippen LogP contribution in [0.1, 0.15) is 25.8 Å². The van der Waals surface area contributed by atoms with E-state index in [0.29, 0.717) is 49.8 Å². The number of rotatable bonds is 4. The van der Waals surface area contributed by atoms with E-state index in [1.807, 2.05) is 30.0 Å². The summed E-state index contributed by atoms with van der Waals surface area (Å²) in [5.41, 5.74) is 1.31. The average Bonchev–Trinajstić information content (AvgIpc) is 2.82. The maximum atomic E-state index is 12.6. The van der Waals surface area contributed by atoms with E-state index in [1.165, 1.54) is 0 Å². The number of amides is 1. The first kappa shape index (κ1) is 19.6. The van der Waals surface area contributed by atoms with Gasteiger partial charge in [-0.25, -0.2) is 0 Å². The van der Waals surface area contributed by atoms with Gasteiger partial charge in [-0.2, -0.15) is 8.42 Å². The minimum Gasteiger partial charge on any atom is -0.372 e. The number of benzene rings is 1. The highest BCUT2D eigenvalue weighted by atomic mass is 32.2. The zero-order valence-corrected chi connectivity index (χ0v) is 16.5. The van der Waals surface area contributed by atoms with Crippen molar-refractivity contribution in [2.24, 2.45) is 4.40 Å². The van der Waals surface area contributed by atoms with Crippen molar-refractivity contribution >= 4 is 26.7 Å². The summed E-state index contributed by atoms with van der Waals surface area (Å²) in [6.07, 6.45) is 0.755. The minimum atomic E-state index is -3.72. The smallest absolute Gasteiger partial charge is 0.285 e. The molecule has 0 aromatic heterocycles. The number of carbonyl (C=O) groups excluding carboxylic acids is 1. The summed E-state index contributed by atoms with van der Waals surface area (Å²) in [4.78, 5) is 16.2. The Kier molecular flexibility index (Phi) is 5.96. The number of hydrogen-bond donors (Lipinski definition) is 0. The van der Waals surface area contributed by atoms with Crippen molar-refractivity contribution in [3.8, 4) is 0 Å². The van der Waals surface area contributed by atoms with Crippen LogP contribution in [0.5, 0.6) is 0 Å². The van der Waals surface area contributed by atoms with E-state index >= 15 is 0 Å². The number of sulfonamides is 1. The van der Waals surface area contributed by atoms with Crippen molar-refractivity contribution in [2.45, 2.75) is 20.3 Å². The molecule has 2 aliphatic rings. The summed E-state index contributed by atoms with van der Waals surface area (Å²) in [6.45, 7) is 6.62. The maximum absolute atomic E-state index is 12.6. The summed E-state index contributed by atoms with van der Waals surface area (Å²) in [5.74, 6) is 0.463. The van der Waals surface area contributed by atoms with Gasteiger partial charge in [0.2, 0.25) is 5.91 Å². The molecule has 1 aromatic carbocycles. The molecule has 7 nitrogen and oxygen atoms in total. The molecule has 0 N–H and O–H groups in total. The molecule has 0 bridgehead atoms. The van der Waals surface area contributed by atoms with Gasteiger partial charge in [-0.3, -0.25) is 4.79 Å². The SMILES string of the molecule is CCOCC(=O)N1CCCN(C2=NS(=O)(=O)C(c3ccccc3)=C2C)CC1. The Hall–Kier alpha value is -2.19. The van der Waals surface area contributed by atoms with Crippen LogP contribution < -0.4 is 0 Å². The van der Waals surface area contributed by atoms with Crippen LogP contribution in [0.3, 0.4) is 0 Å². The molecule has 146 valence electrons. The summed E-state index contributed by atoms with van der Waals surface area (Å²) >= 11 is 0. The summed E-state index contributed by atoms with van der Waals surface area (Å²) in [7, 11) is -3.72. The highest BCUT2D eigenvalue weighted by Crippen LogP contribution is 2.33. The molecule has 1 saturated heterocycles. The molecule has 2 heterocycles. The summed E-state index contributed by atoms with van der Waals surface area (Å²) in [5, 5.41) is 0. The van der Waals surface area contributed by atoms with E-state index in [0.717, 1.165) is 6.42 Å². The fourth-order valence-corrected chi connectivity index (χ4v) is 4.92. The lowest BCUT2D eigenvalue weighted by atomic mass is 10.1. The monoisotopic (exact) mass is 391 g/mol. The van der Waals surface area contributed by atoms with Crippen LogP contribution in [0.25, 0.3) is 4.91 Å². The Bertz CT molecular complexity index is 862. The fourth-order valence-electron chi connectivity index (χ4n) is 3.43. The molecule has 0 saturated carbocycles. The van der Waals surface area contributed by atoms with Crippen LogP contribution in [0.15, 0.2) is 40.3 Å². The largest absolute Gasteiger partial charge is 0.372 e. The van der Waals surface area contributed by atoms with Gasteiger partial charge >= 0.3 is 0 Å². The molecule has 0 aliphatic carbocycles. The number of ether oxygens (including phenoxy) is 1. The third-order valence-corrected chi connectivity index (χ3v) is 6.23. The van der Waals surface area contributed by atoms with Crippen molar-refractivity contribution in [2.75, 3.05) is 39.4 Å². The molecule has 1 fully saturated rings. The van der Waals surface area contributed by atoms with Crippen LogP contribution in [0, 0.1) is 0 Å². The van der Waals surface area contributed by atoms with Crippen molar-refractivity contribution in [3.05, 3.63) is 41.5 Å². The molecular formula is C19H25N3O4S. The van der Waals surface area contributed by atoms with Crippen molar-refractivity contribution in [1.29, 1.82) is 0 Å². The molecular weight excluding hydrogens is 366 g/mol. The molecule has 0 unspecified atom stereocenters. The fraction of sp³-hybridized carbons (Fsp3) is 0.474. The first-order chi connectivity index (χ1) is 12.9. The van der Waals surface area contributed by atoms with Crippen LogP contribution >= 0.6 is 0 Å².